The van der Waals surface area contributed by atoms with E-state index in [2.05, 4.69) is 20.2 Å². The molecule has 0 unspecified atom stereocenters. The zero-order valence-electron chi connectivity index (χ0n) is 23.0. The van der Waals surface area contributed by atoms with Crippen molar-refractivity contribution in [1.82, 2.24) is 29.4 Å². The first-order valence-corrected chi connectivity index (χ1v) is 14.0. The van der Waals surface area contributed by atoms with Crippen LogP contribution in [0.4, 0.5) is 24.8 Å². The summed E-state index contributed by atoms with van der Waals surface area (Å²) in [5.41, 5.74) is 1.82. The van der Waals surface area contributed by atoms with E-state index in [9.17, 15) is 18.0 Å². The molecule has 0 spiro atoms. The van der Waals surface area contributed by atoms with Crippen molar-refractivity contribution in [3.05, 3.63) is 60.0 Å². The number of pyridine rings is 1. The number of morpholine rings is 1. The lowest BCUT2D eigenvalue weighted by molar-refractivity contribution is -0.137. The number of alkyl halides is 3. The number of amides is 1. The van der Waals surface area contributed by atoms with E-state index in [1.165, 1.54) is 12.1 Å². The Bertz CT molecular complexity index is 1530. The van der Waals surface area contributed by atoms with Gasteiger partial charge in [0.2, 0.25) is 5.91 Å². The molecule has 1 aromatic carbocycles. The number of aromatic nitrogens is 5. The van der Waals surface area contributed by atoms with Crippen LogP contribution in [0, 0.1) is 0 Å². The highest BCUT2D eigenvalue weighted by atomic mass is 19.4. The topological polar surface area (TPSA) is 101 Å². The van der Waals surface area contributed by atoms with Gasteiger partial charge in [0.05, 0.1) is 31.6 Å². The number of ether oxygens (including phenoxy) is 1. The third-order valence-corrected chi connectivity index (χ3v) is 7.51. The molecule has 2 aliphatic rings. The highest BCUT2D eigenvalue weighted by Gasteiger charge is 2.30. The highest BCUT2D eigenvalue weighted by molar-refractivity contribution is 5.85. The first kappa shape index (κ1) is 27.9. The van der Waals surface area contributed by atoms with E-state index in [0.29, 0.717) is 61.1 Å². The number of carbonyl (C=O) groups is 1. The van der Waals surface area contributed by atoms with Gasteiger partial charge in [0.1, 0.15) is 11.3 Å². The number of hydrogen-bond donors (Lipinski definition) is 1. The van der Waals surface area contributed by atoms with Crippen molar-refractivity contribution in [3.63, 3.8) is 0 Å². The molecule has 1 amide bonds. The minimum atomic E-state index is -4.39. The van der Waals surface area contributed by atoms with Crippen LogP contribution in [0.1, 0.15) is 30.4 Å². The van der Waals surface area contributed by atoms with Crippen LogP contribution >= 0.6 is 0 Å². The Morgan fingerprint density at radius 3 is 2.48 bits per heavy atom. The van der Waals surface area contributed by atoms with Crippen molar-refractivity contribution in [1.29, 1.82) is 0 Å². The summed E-state index contributed by atoms with van der Waals surface area (Å²) >= 11 is 0. The lowest BCUT2D eigenvalue weighted by Gasteiger charge is -2.27. The Balaban J connectivity index is 1.27. The molecule has 2 fully saturated rings. The molecule has 1 N–H and O–H groups in total. The van der Waals surface area contributed by atoms with Gasteiger partial charge in [-0.15, -0.1) is 0 Å². The summed E-state index contributed by atoms with van der Waals surface area (Å²) in [7, 11) is 0. The number of benzene rings is 1. The van der Waals surface area contributed by atoms with Gasteiger partial charge in [-0.3, -0.25) is 4.79 Å². The van der Waals surface area contributed by atoms with Gasteiger partial charge < -0.3 is 24.4 Å². The summed E-state index contributed by atoms with van der Waals surface area (Å²) in [6, 6.07) is 8.95. The van der Waals surface area contributed by atoms with Gasteiger partial charge in [-0.1, -0.05) is 12.1 Å². The van der Waals surface area contributed by atoms with Gasteiger partial charge in [0.25, 0.3) is 0 Å². The third-order valence-electron chi connectivity index (χ3n) is 7.51. The third kappa shape index (κ3) is 6.15. The summed E-state index contributed by atoms with van der Waals surface area (Å²) in [5.74, 6) is 2.04. The zero-order valence-corrected chi connectivity index (χ0v) is 23.0. The molecule has 0 saturated carbocycles. The van der Waals surface area contributed by atoms with Crippen molar-refractivity contribution in [3.8, 4) is 11.4 Å². The number of rotatable bonds is 9. The standard InChI is InChI=1S/C29H31F3N8O2/c30-29(31,32)22-7-4-20(5-8-22)18-40-19-35-25-27(33-10-2-12-39-11-1-3-24(39)41)36-26(37-28(25)40)21-6-9-23(34-17-21)38-13-15-42-16-14-38/h4-9,17,19H,1-3,10-16,18H2,(H,33,36,37). The molecular weight excluding hydrogens is 549 g/mol. The average Bonchev–Trinajstić information content (AvgIpc) is 3.61. The lowest BCUT2D eigenvalue weighted by atomic mass is 10.1. The fraction of sp³-hybridized carbons (Fsp3) is 0.414. The van der Waals surface area contributed by atoms with Gasteiger partial charge in [-0.2, -0.15) is 13.2 Å². The van der Waals surface area contributed by atoms with Crippen LogP contribution in [0.25, 0.3) is 22.6 Å². The predicted molar refractivity (Wildman–Crippen MR) is 151 cm³/mol. The molecule has 10 nitrogen and oxygen atoms in total. The number of nitrogens with zero attached hydrogens (tertiary/aromatic N) is 7. The summed E-state index contributed by atoms with van der Waals surface area (Å²) in [4.78, 5) is 34.8. The van der Waals surface area contributed by atoms with Gasteiger partial charge >= 0.3 is 6.18 Å². The summed E-state index contributed by atoms with van der Waals surface area (Å²) in [5, 5.41) is 3.37. The fourth-order valence-corrected chi connectivity index (χ4v) is 5.22. The Morgan fingerprint density at radius 1 is 0.976 bits per heavy atom. The maximum absolute atomic E-state index is 13.0. The Morgan fingerprint density at radius 2 is 1.79 bits per heavy atom. The second-order valence-corrected chi connectivity index (χ2v) is 10.4. The van der Waals surface area contributed by atoms with Crippen LogP contribution in [0.15, 0.2) is 48.9 Å². The maximum Gasteiger partial charge on any atom is 0.416 e. The summed E-state index contributed by atoms with van der Waals surface area (Å²) in [6.07, 6.45) is 1.22. The molecule has 6 rings (SSSR count). The maximum atomic E-state index is 13.0. The largest absolute Gasteiger partial charge is 0.416 e. The number of fused-ring (bicyclic) bond motifs is 1. The molecule has 0 aliphatic carbocycles. The van der Waals surface area contributed by atoms with Crippen molar-refractivity contribution in [2.75, 3.05) is 56.2 Å². The Kier molecular flexibility index (Phi) is 7.92. The first-order valence-electron chi connectivity index (χ1n) is 14.0. The number of anilines is 2. The van der Waals surface area contributed by atoms with Crippen LogP contribution in [0.5, 0.6) is 0 Å². The predicted octanol–water partition coefficient (Wildman–Crippen LogP) is 4.22. The molecule has 3 aromatic heterocycles. The molecule has 4 aromatic rings. The Hall–Kier alpha value is -4.26. The van der Waals surface area contributed by atoms with E-state index < -0.39 is 11.7 Å². The molecule has 0 atom stereocenters. The van der Waals surface area contributed by atoms with E-state index in [-0.39, 0.29) is 12.5 Å². The molecule has 0 radical (unpaired) electrons. The summed E-state index contributed by atoms with van der Waals surface area (Å²) in [6.45, 7) is 5.19. The molecule has 5 heterocycles. The van der Waals surface area contributed by atoms with Crippen LogP contribution in [0.2, 0.25) is 0 Å². The normalized spacial score (nSPS) is 16.0. The monoisotopic (exact) mass is 580 g/mol. The van der Waals surface area contributed by atoms with E-state index in [1.807, 2.05) is 17.0 Å². The second kappa shape index (κ2) is 11.9. The Labute approximate surface area is 240 Å². The van der Waals surface area contributed by atoms with Crippen LogP contribution in [-0.4, -0.2) is 81.2 Å². The summed E-state index contributed by atoms with van der Waals surface area (Å²) < 4.78 is 46.4. The minimum Gasteiger partial charge on any atom is -0.378 e. The van der Waals surface area contributed by atoms with E-state index >= 15 is 0 Å². The van der Waals surface area contributed by atoms with Crippen LogP contribution in [0.3, 0.4) is 0 Å². The van der Waals surface area contributed by atoms with Crippen LogP contribution < -0.4 is 10.2 Å². The van der Waals surface area contributed by atoms with Crippen molar-refractivity contribution in [2.24, 2.45) is 0 Å². The first-order chi connectivity index (χ1) is 20.3. The fourth-order valence-electron chi connectivity index (χ4n) is 5.22. The number of nitrogens with one attached hydrogen (secondary N) is 1. The second-order valence-electron chi connectivity index (χ2n) is 10.4. The number of imidazole rings is 1. The number of carbonyl (C=O) groups excluding carboxylic acids is 1. The average molecular weight is 581 g/mol. The number of likely N-dealkylation sites (tertiary alicyclic amines) is 1. The molecule has 13 heteroatoms. The smallest absolute Gasteiger partial charge is 0.378 e. The van der Waals surface area contributed by atoms with Crippen molar-refractivity contribution < 1.29 is 22.7 Å². The van der Waals surface area contributed by atoms with Gasteiger partial charge in [-0.05, 0) is 42.7 Å². The van der Waals surface area contributed by atoms with Gasteiger partial charge in [0, 0.05) is 50.9 Å². The van der Waals surface area contributed by atoms with Crippen molar-refractivity contribution >= 4 is 28.7 Å². The molecule has 0 bridgehead atoms. The van der Waals surface area contributed by atoms with E-state index in [0.717, 1.165) is 56.0 Å². The molecule has 220 valence electrons. The quantitative estimate of drug-likeness (QED) is 0.294. The van der Waals surface area contributed by atoms with Crippen LogP contribution in [-0.2, 0) is 22.3 Å². The lowest BCUT2D eigenvalue weighted by Crippen LogP contribution is -2.36. The number of hydrogen-bond acceptors (Lipinski definition) is 8. The molecule has 2 saturated heterocycles. The van der Waals surface area contributed by atoms with E-state index in [1.54, 1.807) is 17.1 Å². The number of halogens is 3. The minimum absolute atomic E-state index is 0.191. The highest BCUT2D eigenvalue weighted by Crippen LogP contribution is 2.30. The molecule has 42 heavy (non-hydrogen) atoms. The molecular formula is C29H31F3N8O2. The van der Waals surface area contributed by atoms with Gasteiger partial charge in [-0.25, -0.2) is 19.9 Å². The van der Waals surface area contributed by atoms with Crippen molar-refractivity contribution in [2.45, 2.75) is 32.0 Å². The SMILES string of the molecule is O=C1CCCN1CCCNc1nc(-c2ccc(N3CCOCC3)nc2)nc2c1ncn2Cc1ccc(C(F)(F)F)cc1. The molecule has 2 aliphatic heterocycles. The van der Waals surface area contributed by atoms with E-state index in [4.69, 9.17) is 14.7 Å². The zero-order chi connectivity index (χ0) is 29.1. The van der Waals surface area contributed by atoms with Gasteiger partial charge in [0.15, 0.2) is 17.3 Å².